The van der Waals surface area contributed by atoms with Gasteiger partial charge in [-0.3, -0.25) is 9.69 Å². The first-order valence-corrected chi connectivity index (χ1v) is 7.12. The molecular weight excluding hydrogens is 268 g/mol. The zero-order valence-electron chi connectivity index (χ0n) is 11.9. The molecule has 1 amide bonds. The van der Waals surface area contributed by atoms with Gasteiger partial charge in [0.2, 0.25) is 6.79 Å². The van der Waals surface area contributed by atoms with Crippen molar-refractivity contribution in [3.05, 3.63) is 23.8 Å². The molecule has 0 spiro atoms. The second-order valence-electron chi connectivity index (χ2n) is 5.19. The van der Waals surface area contributed by atoms with Crippen molar-refractivity contribution >= 4 is 5.91 Å². The summed E-state index contributed by atoms with van der Waals surface area (Å²) in [5.41, 5.74) is 0.643. The van der Waals surface area contributed by atoms with Crippen molar-refractivity contribution < 1.29 is 14.3 Å². The molecule has 0 unspecified atom stereocenters. The van der Waals surface area contributed by atoms with Crippen molar-refractivity contribution in [2.24, 2.45) is 0 Å². The Morgan fingerprint density at radius 2 is 2.05 bits per heavy atom. The molecule has 5 heteroatoms. The first-order chi connectivity index (χ1) is 10.3. The highest BCUT2D eigenvalue weighted by Gasteiger charge is 2.22. The van der Waals surface area contributed by atoms with Crippen LogP contribution in [0.15, 0.2) is 18.2 Å². The van der Waals surface area contributed by atoms with Gasteiger partial charge < -0.3 is 14.4 Å². The summed E-state index contributed by atoms with van der Waals surface area (Å²) >= 11 is 0. The van der Waals surface area contributed by atoms with Crippen molar-refractivity contribution in [2.75, 3.05) is 39.5 Å². The molecule has 21 heavy (non-hydrogen) atoms. The van der Waals surface area contributed by atoms with Crippen LogP contribution in [-0.2, 0) is 0 Å². The predicted molar refractivity (Wildman–Crippen MR) is 78.4 cm³/mol. The highest BCUT2D eigenvalue weighted by atomic mass is 16.7. The third-order valence-corrected chi connectivity index (χ3v) is 3.81. The van der Waals surface area contributed by atoms with Crippen molar-refractivity contribution in [3.63, 3.8) is 0 Å². The molecule has 0 atom stereocenters. The van der Waals surface area contributed by atoms with Gasteiger partial charge in [0.1, 0.15) is 0 Å². The number of amides is 1. The van der Waals surface area contributed by atoms with Gasteiger partial charge in [-0.05, 0) is 24.6 Å². The summed E-state index contributed by atoms with van der Waals surface area (Å²) in [6, 6.07) is 5.34. The Balaban J connectivity index is 1.69. The first kappa shape index (κ1) is 13.8. The Bertz CT molecular complexity index is 579. The van der Waals surface area contributed by atoms with Gasteiger partial charge in [0.15, 0.2) is 11.5 Å². The third kappa shape index (κ3) is 2.96. The molecular formula is C16H18N2O3. The molecule has 0 N–H and O–H groups in total. The lowest BCUT2D eigenvalue weighted by Crippen LogP contribution is -2.35. The molecule has 1 fully saturated rings. The molecule has 3 rings (SSSR count). The van der Waals surface area contributed by atoms with Crippen LogP contribution < -0.4 is 9.47 Å². The largest absolute Gasteiger partial charge is 0.454 e. The number of rotatable bonds is 2. The van der Waals surface area contributed by atoms with Crippen LogP contribution in [0.4, 0.5) is 0 Å². The molecule has 0 radical (unpaired) electrons. The van der Waals surface area contributed by atoms with E-state index >= 15 is 0 Å². The van der Waals surface area contributed by atoms with Crippen molar-refractivity contribution in [2.45, 2.75) is 6.42 Å². The average molecular weight is 286 g/mol. The van der Waals surface area contributed by atoms with E-state index in [9.17, 15) is 4.79 Å². The maximum Gasteiger partial charge on any atom is 0.254 e. The normalized spacial score (nSPS) is 18.1. The smallest absolute Gasteiger partial charge is 0.254 e. The number of carbonyl (C=O) groups is 1. The fraction of sp³-hybridized carbons (Fsp3) is 0.438. The summed E-state index contributed by atoms with van der Waals surface area (Å²) in [6.07, 6.45) is 6.29. The molecule has 2 aliphatic rings. The predicted octanol–water partition coefficient (Wildman–Crippen LogP) is 1.20. The summed E-state index contributed by atoms with van der Waals surface area (Å²) in [4.78, 5) is 16.7. The SMILES string of the molecule is C#CCN1CCCN(C(=O)c2ccc3c(c2)OCO3)CC1. The molecule has 5 nitrogen and oxygen atoms in total. The maximum absolute atomic E-state index is 12.6. The summed E-state index contributed by atoms with van der Waals surface area (Å²) in [6.45, 7) is 4.09. The molecule has 110 valence electrons. The van der Waals surface area contributed by atoms with Gasteiger partial charge in [-0.25, -0.2) is 0 Å². The minimum absolute atomic E-state index is 0.0378. The van der Waals surface area contributed by atoms with Crippen LogP contribution in [0.1, 0.15) is 16.8 Å². The summed E-state index contributed by atoms with van der Waals surface area (Å²) in [5.74, 6) is 4.04. The topological polar surface area (TPSA) is 42.0 Å². The quantitative estimate of drug-likeness (QED) is 0.766. The zero-order valence-corrected chi connectivity index (χ0v) is 11.9. The highest BCUT2D eigenvalue weighted by molar-refractivity contribution is 5.95. The molecule has 0 saturated carbocycles. The molecule has 2 aliphatic heterocycles. The van der Waals surface area contributed by atoms with E-state index in [0.717, 1.165) is 26.1 Å². The van der Waals surface area contributed by atoms with Crippen molar-refractivity contribution in [1.29, 1.82) is 0 Å². The Labute approximate surface area is 124 Å². The van der Waals surface area contributed by atoms with E-state index in [1.54, 1.807) is 18.2 Å². The number of ether oxygens (including phenoxy) is 2. The lowest BCUT2D eigenvalue weighted by molar-refractivity contribution is 0.0762. The maximum atomic E-state index is 12.6. The van der Waals surface area contributed by atoms with Crippen LogP contribution in [0.2, 0.25) is 0 Å². The highest BCUT2D eigenvalue weighted by Crippen LogP contribution is 2.32. The van der Waals surface area contributed by atoms with E-state index in [-0.39, 0.29) is 12.7 Å². The number of nitrogens with zero attached hydrogens (tertiary/aromatic N) is 2. The van der Waals surface area contributed by atoms with E-state index in [1.165, 1.54) is 0 Å². The standard InChI is InChI=1S/C16H18N2O3/c1-2-6-17-7-3-8-18(10-9-17)16(19)13-4-5-14-15(11-13)21-12-20-14/h1,4-5,11H,3,6-10,12H2. The molecule has 2 heterocycles. The monoisotopic (exact) mass is 286 g/mol. The number of benzene rings is 1. The Hall–Kier alpha value is -2.19. The second kappa shape index (κ2) is 6.06. The zero-order chi connectivity index (χ0) is 14.7. The van der Waals surface area contributed by atoms with E-state index in [1.807, 2.05) is 4.90 Å². The van der Waals surface area contributed by atoms with Crippen LogP contribution in [0.5, 0.6) is 11.5 Å². The summed E-state index contributed by atoms with van der Waals surface area (Å²) < 4.78 is 10.6. The number of hydrogen-bond acceptors (Lipinski definition) is 4. The molecule has 1 saturated heterocycles. The summed E-state index contributed by atoms with van der Waals surface area (Å²) in [7, 11) is 0. The average Bonchev–Trinajstić information content (AvgIpc) is 2.85. The van der Waals surface area contributed by atoms with Gasteiger partial charge in [0, 0.05) is 31.7 Å². The van der Waals surface area contributed by atoms with Gasteiger partial charge in [-0.2, -0.15) is 0 Å². The number of carbonyl (C=O) groups excluding carboxylic acids is 1. The Morgan fingerprint density at radius 1 is 1.19 bits per heavy atom. The van der Waals surface area contributed by atoms with Crippen LogP contribution in [0.3, 0.4) is 0 Å². The molecule has 1 aromatic carbocycles. The van der Waals surface area contributed by atoms with Crippen LogP contribution in [0, 0.1) is 12.3 Å². The van der Waals surface area contributed by atoms with Gasteiger partial charge >= 0.3 is 0 Å². The van der Waals surface area contributed by atoms with E-state index < -0.39 is 0 Å². The number of fused-ring (bicyclic) bond motifs is 1. The Morgan fingerprint density at radius 3 is 2.90 bits per heavy atom. The fourth-order valence-electron chi connectivity index (χ4n) is 2.67. The van der Waals surface area contributed by atoms with Gasteiger partial charge in [-0.15, -0.1) is 6.42 Å². The lowest BCUT2D eigenvalue weighted by Gasteiger charge is -2.21. The third-order valence-electron chi connectivity index (χ3n) is 3.81. The second-order valence-corrected chi connectivity index (χ2v) is 5.19. The Kier molecular flexibility index (Phi) is 3.98. The van der Waals surface area contributed by atoms with E-state index in [2.05, 4.69) is 10.8 Å². The van der Waals surface area contributed by atoms with Crippen molar-refractivity contribution in [1.82, 2.24) is 9.80 Å². The fourth-order valence-corrected chi connectivity index (χ4v) is 2.67. The molecule has 0 aliphatic carbocycles. The number of hydrogen-bond donors (Lipinski definition) is 0. The van der Waals surface area contributed by atoms with Crippen LogP contribution >= 0.6 is 0 Å². The first-order valence-electron chi connectivity index (χ1n) is 7.12. The van der Waals surface area contributed by atoms with Crippen LogP contribution in [-0.4, -0.2) is 55.2 Å². The lowest BCUT2D eigenvalue weighted by atomic mass is 10.1. The van der Waals surface area contributed by atoms with Crippen LogP contribution in [0.25, 0.3) is 0 Å². The van der Waals surface area contributed by atoms with Gasteiger partial charge in [0.25, 0.3) is 5.91 Å². The summed E-state index contributed by atoms with van der Waals surface area (Å²) in [5, 5.41) is 0. The van der Waals surface area contributed by atoms with Gasteiger partial charge in [0.05, 0.1) is 6.54 Å². The molecule has 0 bridgehead atoms. The number of terminal acetylenes is 1. The van der Waals surface area contributed by atoms with E-state index in [0.29, 0.717) is 30.2 Å². The van der Waals surface area contributed by atoms with Gasteiger partial charge in [-0.1, -0.05) is 5.92 Å². The minimum Gasteiger partial charge on any atom is -0.454 e. The molecule has 1 aromatic rings. The minimum atomic E-state index is 0.0378. The van der Waals surface area contributed by atoms with E-state index in [4.69, 9.17) is 15.9 Å². The molecule has 0 aromatic heterocycles. The van der Waals surface area contributed by atoms with Crippen molar-refractivity contribution in [3.8, 4) is 23.8 Å².